The van der Waals surface area contributed by atoms with E-state index < -0.39 is 0 Å². The lowest BCUT2D eigenvalue weighted by Crippen LogP contribution is -1.90. The summed E-state index contributed by atoms with van der Waals surface area (Å²) in [5.41, 5.74) is 3.27. The van der Waals surface area contributed by atoms with E-state index in [2.05, 4.69) is 28.9 Å². The van der Waals surface area contributed by atoms with Crippen LogP contribution in [0.5, 0.6) is 5.75 Å². The molecule has 1 nitrogen and oxygen atoms in total. The Hall–Kier alpha value is -0.990. The van der Waals surface area contributed by atoms with Crippen molar-refractivity contribution < 1.29 is 4.74 Å². The molecule has 17 heavy (non-hydrogen) atoms. The minimum absolute atomic E-state index is 0.700. The van der Waals surface area contributed by atoms with Crippen molar-refractivity contribution in [3.05, 3.63) is 51.5 Å². The van der Waals surface area contributed by atoms with Gasteiger partial charge in [0.2, 0.25) is 0 Å². The molecule has 0 radical (unpaired) electrons. The summed E-state index contributed by atoms with van der Waals surface area (Å²) >= 11 is 9.63. The average molecular weight is 312 g/mol. The summed E-state index contributed by atoms with van der Waals surface area (Å²) in [4.78, 5) is 0. The molecular weight excluding hydrogens is 300 g/mol. The Morgan fingerprint density at radius 1 is 1.12 bits per heavy atom. The molecule has 0 aliphatic rings. The van der Waals surface area contributed by atoms with Crippen LogP contribution in [0.1, 0.15) is 5.56 Å². The first-order chi connectivity index (χ1) is 8.13. The fourth-order valence-electron chi connectivity index (χ4n) is 1.74. The molecule has 0 heterocycles. The van der Waals surface area contributed by atoms with Gasteiger partial charge in [0.05, 0.1) is 12.1 Å². The summed E-state index contributed by atoms with van der Waals surface area (Å²) < 4.78 is 6.28. The van der Waals surface area contributed by atoms with Crippen molar-refractivity contribution in [2.75, 3.05) is 7.11 Å². The van der Waals surface area contributed by atoms with E-state index >= 15 is 0 Å². The first-order valence-corrected chi connectivity index (χ1v) is 6.39. The topological polar surface area (TPSA) is 9.23 Å². The van der Waals surface area contributed by atoms with E-state index in [4.69, 9.17) is 16.3 Å². The van der Waals surface area contributed by atoms with Crippen LogP contribution in [0, 0.1) is 6.92 Å². The fraction of sp³-hybridized carbons (Fsp3) is 0.143. The molecule has 0 amide bonds. The molecule has 0 aliphatic carbocycles. The Morgan fingerprint density at radius 2 is 1.88 bits per heavy atom. The zero-order valence-electron chi connectivity index (χ0n) is 9.63. The first-order valence-electron chi connectivity index (χ1n) is 5.22. The number of halogens is 2. The van der Waals surface area contributed by atoms with Gasteiger partial charge in [0, 0.05) is 15.6 Å². The third kappa shape index (κ3) is 2.48. The van der Waals surface area contributed by atoms with Gasteiger partial charge in [-0.05, 0) is 41.1 Å². The van der Waals surface area contributed by atoms with Crippen LogP contribution < -0.4 is 4.74 Å². The maximum Gasteiger partial charge on any atom is 0.126 e. The summed E-state index contributed by atoms with van der Waals surface area (Å²) in [6.07, 6.45) is 0. The second-order valence-electron chi connectivity index (χ2n) is 3.81. The molecule has 0 bridgehead atoms. The molecule has 88 valence electrons. The monoisotopic (exact) mass is 310 g/mol. The van der Waals surface area contributed by atoms with Gasteiger partial charge in [0.15, 0.2) is 0 Å². The van der Waals surface area contributed by atoms with Gasteiger partial charge in [-0.3, -0.25) is 0 Å². The van der Waals surface area contributed by atoms with Crippen LogP contribution in [0.15, 0.2) is 40.9 Å². The molecule has 0 aliphatic heterocycles. The molecule has 0 fully saturated rings. The van der Waals surface area contributed by atoms with Crippen molar-refractivity contribution in [1.82, 2.24) is 0 Å². The highest BCUT2D eigenvalue weighted by atomic mass is 79.9. The van der Waals surface area contributed by atoms with Crippen LogP contribution in [-0.4, -0.2) is 7.11 Å². The fourth-order valence-corrected chi connectivity index (χ4v) is 2.40. The third-order valence-corrected chi connectivity index (χ3v) is 3.99. The average Bonchev–Trinajstić information content (AvgIpc) is 2.33. The molecule has 2 aromatic rings. The van der Waals surface area contributed by atoms with Crippen LogP contribution in [-0.2, 0) is 0 Å². The molecule has 0 atom stereocenters. The molecule has 0 saturated heterocycles. The largest absolute Gasteiger partial charge is 0.496 e. The van der Waals surface area contributed by atoms with E-state index in [1.54, 1.807) is 7.11 Å². The van der Waals surface area contributed by atoms with Crippen molar-refractivity contribution in [3.8, 4) is 16.9 Å². The van der Waals surface area contributed by atoms with Gasteiger partial charge in [-0.2, -0.15) is 0 Å². The number of hydrogen-bond donors (Lipinski definition) is 0. The number of ether oxygens (including phenoxy) is 1. The summed E-state index contributed by atoms with van der Waals surface area (Å²) in [5.74, 6) is 0.846. The Kier molecular flexibility index (Phi) is 3.75. The van der Waals surface area contributed by atoms with Crippen LogP contribution in [0.3, 0.4) is 0 Å². The van der Waals surface area contributed by atoms with E-state index in [1.165, 1.54) is 5.56 Å². The first kappa shape index (κ1) is 12.5. The van der Waals surface area contributed by atoms with Gasteiger partial charge in [-0.1, -0.05) is 35.4 Å². The molecule has 2 aromatic carbocycles. The van der Waals surface area contributed by atoms with Gasteiger partial charge in [-0.15, -0.1) is 0 Å². The van der Waals surface area contributed by atoms with Crippen molar-refractivity contribution in [2.45, 2.75) is 6.92 Å². The second-order valence-corrected chi connectivity index (χ2v) is 5.01. The maximum absolute atomic E-state index is 6.11. The van der Waals surface area contributed by atoms with Crippen molar-refractivity contribution in [2.24, 2.45) is 0 Å². The minimum Gasteiger partial charge on any atom is -0.496 e. The van der Waals surface area contributed by atoms with E-state index in [0.717, 1.165) is 21.3 Å². The zero-order valence-corrected chi connectivity index (χ0v) is 12.0. The number of benzene rings is 2. The lowest BCUT2D eigenvalue weighted by molar-refractivity contribution is 0.416. The number of methoxy groups -OCH3 is 1. The standard InChI is InChI=1S/C14H12BrClO/c1-9-6-7-13(17-2)11(8-9)10-4-3-5-12(16)14(10)15/h3-8H,1-2H3. The highest BCUT2D eigenvalue weighted by Gasteiger charge is 2.11. The molecule has 0 aromatic heterocycles. The minimum atomic E-state index is 0.700. The molecule has 2 rings (SSSR count). The van der Waals surface area contributed by atoms with Gasteiger partial charge in [0.25, 0.3) is 0 Å². The Bertz CT molecular complexity index is 552. The third-order valence-electron chi connectivity index (χ3n) is 2.60. The second kappa shape index (κ2) is 5.11. The predicted molar refractivity (Wildman–Crippen MR) is 75.9 cm³/mol. The smallest absolute Gasteiger partial charge is 0.126 e. The summed E-state index contributed by atoms with van der Waals surface area (Å²) in [6.45, 7) is 2.06. The summed E-state index contributed by atoms with van der Waals surface area (Å²) in [7, 11) is 1.67. The molecule has 0 N–H and O–H groups in total. The van der Waals surface area contributed by atoms with Gasteiger partial charge >= 0.3 is 0 Å². The van der Waals surface area contributed by atoms with Crippen LogP contribution in [0.4, 0.5) is 0 Å². The molecule has 0 saturated carbocycles. The Labute approximate surface area is 115 Å². The number of aryl methyl sites for hydroxylation is 1. The van der Waals surface area contributed by atoms with Gasteiger partial charge in [0.1, 0.15) is 5.75 Å². The highest BCUT2D eigenvalue weighted by Crippen LogP contribution is 2.38. The van der Waals surface area contributed by atoms with E-state index in [9.17, 15) is 0 Å². The quantitative estimate of drug-likeness (QED) is 0.751. The van der Waals surface area contributed by atoms with Crippen LogP contribution in [0.2, 0.25) is 5.02 Å². The predicted octanol–water partition coefficient (Wildman–Crippen LogP) is 5.09. The number of rotatable bonds is 2. The SMILES string of the molecule is COc1ccc(C)cc1-c1cccc(Cl)c1Br. The normalized spacial score (nSPS) is 10.4. The van der Waals surface area contributed by atoms with Crippen molar-refractivity contribution >= 4 is 27.5 Å². The lowest BCUT2D eigenvalue weighted by Gasteiger charge is -2.12. The Balaban J connectivity index is 2.67. The molecule has 0 spiro atoms. The Morgan fingerprint density at radius 3 is 2.59 bits per heavy atom. The zero-order chi connectivity index (χ0) is 12.4. The van der Waals surface area contributed by atoms with Gasteiger partial charge in [-0.25, -0.2) is 0 Å². The maximum atomic E-state index is 6.11. The lowest BCUT2D eigenvalue weighted by atomic mass is 10.0. The molecular formula is C14H12BrClO. The van der Waals surface area contributed by atoms with E-state index in [1.807, 2.05) is 30.3 Å². The van der Waals surface area contributed by atoms with Crippen LogP contribution >= 0.6 is 27.5 Å². The van der Waals surface area contributed by atoms with Crippen molar-refractivity contribution in [3.63, 3.8) is 0 Å². The highest BCUT2D eigenvalue weighted by molar-refractivity contribution is 9.10. The summed E-state index contributed by atoms with van der Waals surface area (Å²) in [6, 6.07) is 11.9. The van der Waals surface area contributed by atoms with Crippen LogP contribution in [0.25, 0.3) is 11.1 Å². The number of hydrogen-bond acceptors (Lipinski definition) is 1. The van der Waals surface area contributed by atoms with E-state index in [-0.39, 0.29) is 0 Å². The summed E-state index contributed by atoms with van der Waals surface area (Å²) in [5, 5.41) is 0.700. The van der Waals surface area contributed by atoms with Crippen molar-refractivity contribution in [1.29, 1.82) is 0 Å². The van der Waals surface area contributed by atoms with Gasteiger partial charge < -0.3 is 4.74 Å². The molecule has 0 unspecified atom stereocenters. The molecule has 3 heteroatoms. The van der Waals surface area contributed by atoms with E-state index in [0.29, 0.717) is 5.02 Å².